The summed E-state index contributed by atoms with van der Waals surface area (Å²) >= 11 is 1.95. The van der Waals surface area contributed by atoms with E-state index in [0.717, 1.165) is 32.7 Å². The van der Waals surface area contributed by atoms with Crippen molar-refractivity contribution >= 4 is 11.3 Å². The number of thiophene rings is 1. The van der Waals surface area contributed by atoms with E-state index in [1.54, 1.807) is 0 Å². The third-order valence-corrected chi connectivity index (χ3v) is 4.69. The van der Waals surface area contributed by atoms with E-state index in [4.69, 9.17) is 0 Å². The molecule has 0 unspecified atom stereocenters. The Labute approximate surface area is 135 Å². The molecule has 0 radical (unpaired) electrons. The zero-order valence-corrected chi connectivity index (χ0v) is 15.4. The van der Waals surface area contributed by atoms with Crippen LogP contribution in [0.1, 0.15) is 42.0 Å². The number of nitrogens with zero attached hydrogens (tertiary/aromatic N) is 2. The lowest BCUT2D eigenvalue weighted by Gasteiger charge is -2.23. The van der Waals surface area contributed by atoms with Gasteiger partial charge in [-0.1, -0.05) is 13.8 Å². The second-order valence-corrected chi connectivity index (χ2v) is 7.39. The van der Waals surface area contributed by atoms with Gasteiger partial charge in [-0.15, -0.1) is 11.3 Å². The monoisotopic (exact) mass is 311 g/mol. The second-order valence-electron chi connectivity index (χ2n) is 6.05. The Kier molecular flexibility index (Phi) is 9.16. The molecular formula is C17H33N3S. The van der Waals surface area contributed by atoms with Crippen LogP contribution in [0.5, 0.6) is 0 Å². The predicted molar refractivity (Wildman–Crippen MR) is 95.2 cm³/mol. The van der Waals surface area contributed by atoms with Crippen LogP contribution in [0.15, 0.2) is 6.07 Å². The molecule has 122 valence electrons. The minimum Gasteiger partial charge on any atom is -0.312 e. The van der Waals surface area contributed by atoms with E-state index in [9.17, 15) is 0 Å². The molecule has 1 aromatic heterocycles. The summed E-state index contributed by atoms with van der Waals surface area (Å²) in [6.45, 7) is 13.4. The van der Waals surface area contributed by atoms with Gasteiger partial charge in [0, 0.05) is 35.9 Å². The van der Waals surface area contributed by atoms with Crippen molar-refractivity contribution in [2.45, 2.75) is 46.7 Å². The molecule has 4 heteroatoms. The van der Waals surface area contributed by atoms with Gasteiger partial charge in [0.15, 0.2) is 0 Å². The SMILES string of the molecule is CCCNCc1cc(CN(CCC)CCN(C)C)c(C)s1. The second kappa shape index (κ2) is 10.3. The van der Waals surface area contributed by atoms with Crippen LogP contribution in [0.3, 0.4) is 0 Å². The lowest BCUT2D eigenvalue weighted by Crippen LogP contribution is -2.32. The fourth-order valence-corrected chi connectivity index (χ4v) is 3.41. The summed E-state index contributed by atoms with van der Waals surface area (Å²) in [5, 5.41) is 3.50. The molecule has 0 atom stereocenters. The van der Waals surface area contributed by atoms with Crippen LogP contribution in [0.2, 0.25) is 0 Å². The largest absolute Gasteiger partial charge is 0.312 e. The van der Waals surface area contributed by atoms with Crippen LogP contribution >= 0.6 is 11.3 Å². The van der Waals surface area contributed by atoms with E-state index in [-0.39, 0.29) is 0 Å². The van der Waals surface area contributed by atoms with Crippen molar-refractivity contribution in [1.82, 2.24) is 15.1 Å². The quantitative estimate of drug-likeness (QED) is 0.632. The fourth-order valence-electron chi connectivity index (χ4n) is 2.39. The maximum Gasteiger partial charge on any atom is 0.0299 e. The van der Waals surface area contributed by atoms with Crippen LogP contribution in [0.25, 0.3) is 0 Å². The molecule has 0 saturated carbocycles. The normalized spacial score (nSPS) is 11.8. The first-order valence-corrected chi connectivity index (χ1v) is 9.04. The van der Waals surface area contributed by atoms with Crippen LogP contribution in [-0.2, 0) is 13.1 Å². The summed E-state index contributed by atoms with van der Waals surface area (Å²) in [5.74, 6) is 0. The van der Waals surface area contributed by atoms with Gasteiger partial charge in [0.1, 0.15) is 0 Å². The Hall–Kier alpha value is -0.420. The highest BCUT2D eigenvalue weighted by Gasteiger charge is 2.10. The van der Waals surface area contributed by atoms with Crippen molar-refractivity contribution in [2.24, 2.45) is 0 Å². The molecule has 0 saturated heterocycles. The van der Waals surface area contributed by atoms with Crippen LogP contribution in [0.4, 0.5) is 0 Å². The highest BCUT2D eigenvalue weighted by molar-refractivity contribution is 7.12. The average Bonchev–Trinajstić information content (AvgIpc) is 2.77. The Bertz CT molecular complexity index is 387. The number of rotatable bonds is 11. The number of likely N-dealkylation sites (N-methyl/N-ethyl adjacent to an activating group) is 1. The van der Waals surface area contributed by atoms with Gasteiger partial charge < -0.3 is 10.2 Å². The topological polar surface area (TPSA) is 18.5 Å². The van der Waals surface area contributed by atoms with Crippen molar-refractivity contribution < 1.29 is 0 Å². The van der Waals surface area contributed by atoms with Crippen LogP contribution < -0.4 is 5.32 Å². The predicted octanol–water partition coefficient (Wildman–Crippen LogP) is 3.33. The molecule has 1 N–H and O–H groups in total. The van der Waals surface area contributed by atoms with E-state index in [1.165, 1.54) is 34.7 Å². The minimum atomic E-state index is 1.02. The first kappa shape index (κ1) is 18.6. The molecule has 0 aliphatic heterocycles. The molecule has 0 aromatic carbocycles. The molecule has 0 aliphatic rings. The molecule has 3 nitrogen and oxygen atoms in total. The minimum absolute atomic E-state index is 1.02. The third-order valence-electron chi connectivity index (χ3n) is 3.59. The van der Waals surface area contributed by atoms with Gasteiger partial charge in [0.25, 0.3) is 0 Å². The zero-order valence-electron chi connectivity index (χ0n) is 14.5. The summed E-state index contributed by atoms with van der Waals surface area (Å²) < 4.78 is 0. The first-order valence-electron chi connectivity index (χ1n) is 8.22. The standard InChI is InChI=1S/C17H33N3S/c1-6-8-18-13-17-12-16(15(3)21-17)14-20(9-7-2)11-10-19(4)5/h12,18H,6-11,13-14H2,1-5H3. The smallest absolute Gasteiger partial charge is 0.0299 e. The molecule has 0 aliphatic carbocycles. The van der Waals surface area contributed by atoms with Gasteiger partial charge >= 0.3 is 0 Å². The van der Waals surface area contributed by atoms with Crippen LogP contribution in [-0.4, -0.2) is 50.1 Å². The van der Waals surface area contributed by atoms with E-state index in [0.29, 0.717) is 0 Å². The number of hydrogen-bond donors (Lipinski definition) is 1. The van der Waals surface area contributed by atoms with Crippen molar-refractivity contribution in [1.29, 1.82) is 0 Å². The van der Waals surface area contributed by atoms with Gasteiger partial charge in [-0.25, -0.2) is 0 Å². The first-order chi connectivity index (χ1) is 10.1. The molecule has 0 spiro atoms. The van der Waals surface area contributed by atoms with E-state index >= 15 is 0 Å². The third kappa shape index (κ3) is 7.41. The van der Waals surface area contributed by atoms with Crippen molar-refractivity contribution in [3.05, 3.63) is 21.4 Å². The van der Waals surface area contributed by atoms with Crippen molar-refractivity contribution in [2.75, 3.05) is 40.3 Å². The number of nitrogens with one attached hydrogen (secondary N) is 1. The molecule has 0 bridgehead atoms. The number of hydrogen-bond acceptors (Lipinski definition) is 4. The summed E-state index contributed by atoms with van der Waals surface area (Å²) in [5.41, 5.74) is 1.51. The number of aryl methyl sites for hydroxylation is 1. The zero-order chi connectivity index (χ0) is 15.7. The maximum absolute atomic E-state index is 3.50. The van der Waals surface area contributed by atoms with Crippen LogP contribution in [0, 0.1) is 6.92 Å². The molecular weight excluding hydrogens is 278 g/mol. The van der Waals surface area contributed by atoms with E-state index < -0.39 is 0 Å². The van der Waals surface area contributed by atoms with Gasteiger partial charge in [-0.3, -0.25) is 4.90 Å². The lowest BCUT2D eigenvalue weighted by atomic mass is 10.2. The van der Waals surface area contributed by atoms with E-state index in [1.807, 2.05) is 11.3 Å². The highest BCUT2D eigenvalue weighted by Crippen LogP contribution is 2.23. The molecule has 1 heterocycles. The van der Waals surface area contributed by atoms with Crippen molar-refractivity contribution in [3.8, 4) is 0 Å². The van der Waals surface area contributed by atoms with Gasteiger partial charge in [-0.2, -0.15) is 0 Å². The van der Waals surface area contributed by atoms with E-state index in [2.05, 4.69) is 56.0 Å². The molecule has 21 heavy (non-hydrogen) atoms. The Morgan fingerprint density at radius 3 is 2.48 bits per heavy atom. The Morgan fingerprint density at radius 1 is 1.10 bits per heavy atom. The molecule has 0 amide bonds. The average molecular weight is 312 g/mol. The Morgan fingerprint density at radius 2 is 1.86 bits per heavy atom. The molecule has 1 aromatic rings. The lowest BCUT2D eigenvalue weighted by molar-refractivity contribution is 0.234. The highest BCUT2D eigenvalue weighted by atomic mass is 32.1. The maximum atomic E-state index is 3.50. The summed E-state index contributed by atoms with van der Waals surface area (Å²) in [6, 6.07) is 2.40. The van der Waals surface area contributed by atoms with Crippen molar-refractivity contribution in [3.63, 3.8) is 0 Å². The van der Waals surface area contributed by atoms with Gasteiger partial charge in [-0.05, 0) is 58.6 Å². The Balaban J connectivity index is 2.56. The summed E-state index contributed by atoms with van der Waals surface area (Å²) in [7, 11) is 4.30. The fraction of sp³-hybridized carbons (Fsp3) is 0.765. The van der Waals surface area contributed by atoms with Gasteiger partial charge in [0.2, 0.25) is 0 Å². The summed E-state index contributed by atoms with van der Waals surface area (Å²) in [4.78, 5) is 7.80. The molecule has 0 fully saturated rings. The van der Waals surface area contributed by atoms with Gasteiger partial charge in [0.05, 0.1) is 0 Å². The molecule has 1 rings (SSSR count). The summed E-state index contributed by atoms with van der Waals surface area (Å²) in [6.07, 6.45) is 2.42.